The Kier molecular flexibility index (Phi) is 5.02. The van der Waals surface area contributed by atoms with E-state index in [4.69, 9.17) is 16.3 Å². The van der Waals surface area contributed by atoms with E-state index < -0.39 is 0 Å². The monoisotopic (exact) mass is 312 g/mol. The molecule has 1 aromatic rings. The summed E-state index contributed by atoms with van der Waals surface area (Å²) >= 11 is 6.20. The maximum absolute atomic E-state index is 9.51. The van der Waals surface area contributed by atoms with Gasteiger partial charge in [0.2, 0.25) is 0 Å². The van der Waals surface area contributed by atoms with Gasteiger partial charge in [-0.05, 0) is 32.5 Å². The van der Waals surface area contributed by atoms with Gasteiger partial charge in [0.1, 0.15) is 5.75 Å². The molecule has 0 spiro atoms. The Morgan fingerprint density at radius 2 is 2.05 bits per heavy atom. The second kappa shape index (κ2) is 6.42. The largest absolute Gasteiger partial charge is 0.494 e. The van der Waals surface area contributed by atoms with Crippen molar-refractivity contribution in [3.05, 3.63) is 22.7 Å². The van der Waals surface area contributed by atoms with Crippen LogP contribution in [0.2, 0.25) is 5.02 Å². The van der Waals surface area contributed by atoms with Gasteiger partial charge in [0.05, 0.1) is 19.4 Å². The van der Waals surface area contributed by atoms with Crippen molar-refractivity contribution in [3.8, 4) is 5.75 Å². The second-order valence-electron chi connectivity index (χ2n) is 6.09. The summed E-state index contributed by atoms with van der Waals surface area (Å²) in [5, 5.41) is 10.1. The molecule has 1 aliphatic rings. The molecule has 0 bridgehead atoms. The number of benzene rings is 1. The van der Waals surface area contributed by atoms with Gasteiger partial charge < -0.3 is 14.7 Å². The van der Waals surface area contributed by atoms with Gasteiger partial charge in [-0.3, -0.25) is 4.90 Å². The molecule has 0 aliphatic carbocycles. The van der Waals surface area contributed by atoms with Gasteiger partial charge in [0, 0.05) is 35.8 Å². The number of piperazine rings is 1. The van der Waals surface area contributed by atoms with Crippen molar-refractivity contribution in [2.45, 2.75) is 32.9 Å². The third-order valence-electron chi connectivity index (χ3n) is 4.28. The zero-order valence-electron chi connectivity index (χ0n) is 13.3. The minimum absolute atomic E-state index is 0.0744. The van der Waals surface area contributed by atoms with Crippen LogP contribution in [-0.4, -0.2) is 48.8 Å². The predicted octanol–water partition coefficient (Wildman–Crippen LogP) is 2.76. The highest BCUT2D eigenvalue weighted by molar-refractivity contribution is 6.31. The number of anilines is 1. The molecule has 1 aromatic carbocycles. The fourth-order valence-electron chi connectivity index (χ4n) is 3.20. The lowest BCUT2D eigenvalue weighted by Crippen LogP contribution is -2.59. The van der Waals surface area contributed by atoms with E-state index in [1.807, 2.05) is 6.07 Å². The lowest BCUT2D eigenvalue weighted by atomic mass is 9.98. The molecule has 0 aromatic heterocycles. The number of hydrogen-bond acceptors (Lipinski definition) is 4. The molecule has 1 saturated heterocycles. The van der Waals surface area contributed by atoms with E-state index in [-0.39, 0.29) is 12.1 Å². The second-order valence-corrected chi connectivity index (χ2v) is 6.53. The first kappa shape index (κ1) is 16.4. The fraction of sp³-hybridized carbons (Fsp3) is 0.625. The molecule has 1 aliphatic heterocycles. The number of aliphatic hydroxyl groups is 1. The Hall–Kier alpha value is -0.970. The average molecular weight is 313 g/mol. The van der Waals surface area contributed by atoms with Crippen molar-refractivity contribution in [1.29, 1.82) is 0 Å². The minimum Gasteiger partial charge on any atom is -0.494 e. The molecule has 2 rings (SSSR count). The molecule has 1 heterocycles. The standard InChI is InChI=1S/C16H25ClN2O2/c1-5-19-7-6-18(11-16(19,2)3)14-9-13(17)8-12(10-20)15(14)21-4/h8-9,20H,5-7,10-11H2,1-4H3. The normalized spacial score (nSPS) is 18.9. The van der Waals surface area contributed by atoms with Crippen molar-refractivity contribution in [3.63, 3.8) is 0 Å². The summed E-state index contributed by atoms with van der Waals surface area (Å²) in [6.07, 6.45) is 0. The number of methoxy groups -OCH3 is 1. The van der Waals surface area contributed by atoms with Crippen molar-refractivity contribution in [2.75, 3.05) is 38.2 Å². The van der Waals surface area contributed by atoms with Crippen molar-refractivity contribution >= 4 is 17.3 Å². The number of nitrogens with zero attached hydrogens (tertiary/aromatic N) is 2. The molecule has 4 nitrogen and oxygen atoms in total. The Morgan fingerprint density at radius 1 is 1.33 bits per heavy atom. The van der Waals surface area contributed by atoms with Gasteiger partial charge in [-0.1, -0.05) is 18.5 Å². The summed E-state index contributed by atoms with van der Waals surface area (Å²) in [6, 6.07) is 3.69. The van der Waals surface area contributed by atoms with Crippen molar-refractivity contribution in [2.24, 2.45) is 0 Å². The Labute approximate surface area is 132 Å². The number of likely N-dealkylation sites (N-methyl/N-ethyl adjacent to an activating group) is 1. The van der Waals surface area contributed by atoms with Crippen LogP contribution in [0.5, 0.6) is 5.75 Å². The Bertz CT molecular complexity index is 505. The molecule has 0 unspecified atom stereocenters. The van der Waals surface area contributed by atoms with Crippen LogP contribution in [0, 0.1) is 0 Å². The van der Waals surface area contributed by atoms with Gasteiger partial charge >= 0.3 is 0 Å². The van der Waals surface area contributed by atoms with Crippen LogP contribution < -0.4 is 9.64 Å². The third-order valence-corrected chi connectivity index (χ3v) is 4.50. The molecule has 1 N–H and O–H groups in total. The summed E-state index contributed by atoms with van der Waals surface area (Å²) in [4.78, 5) is 4.78. The molecule has 0 radical (unpaired) electrons. The van der Waals surface area contributed by atoms with Crippen molar-refractivity contribution in [1.82, 2.24) is 4.90 Å². The molecule has 0 amide bonds. The van der Waals surface area contributed by atoms with E-state index in [1.54, 1.807) is 13.2 Å². The molecule has 118 valence electrons. The number of aliphatic hydroxyl groups excluding tert-OH is 1. The van der Waals surface area contributed by atoms with Crippen LogP contribution in [0.4, 0.5) is 5.69 Å². The first-order chi connectivity index (χ1) is 9.92. The first-order valence-electron chi connectivity index (χ1n) is 7.40. The van der Waals surface area contributed by atoms with E-state index >= 15 is 0 Å². The Morgan fingerprint density at radius 3 is 2.57 bits per heavy atom. The van der Waals surface area contributed by atoms with E-state index in [9.17, 15) is 5.11 Å². The highest BCUT2D eigenvalue weighted by atomic mass is 35.5. The first-order valence-corrected chi connectivity index (χ1v) is 7.78. The van der Waals surface area contributed by atoms with Crippen LogP contribution >= 0.6 is 11.6 Å². The van der Waals surface area contributed by atoms with Gasteiger partial charge in [0.15, 0.2) is 0 Å². The quantitative estimate of drug-likeness (QED) is 0.927. The van der Waals surface area contributed by atoms with Crippen LogP contribution in [-0.2, 0) is 6.61 Å². The molecule has 21 heavy (non-hydrogen) atoms. The highest BCUT2D eigenvalue weighted by Gasteiger charge is 2.33. The van der Waals surface area contributed by atoms with Crippen LogP contribution in [0.25, 0.3) is 0 Å². The van der Waals surface area contributed by atoms with Crippen LogP contribution in [0.1, 0.15) is 26.3 Å². The topological polar surface area (TPSA) is 35.9 Å². The molecular formula is C16H25ClN2O2. The minimum atomic E-state index is -0.0744. The van der Waals surface area contributed by atoms with Gasteiger partial charge in [0.25, 0.3) is 0 Å². The average Bonchev–Trinajstić information content (AvgIpc) is 2.45. The number of hydrogen-bond donors (Lipinski definition) is 1. The van der Waals surface area contributed by atoms with E-state index in [2.05, 4.69) is 30.6 Å². The molecule has 0 atom stereocenters. The summed E-state index contributed by atoms with van der Waals surface area (Å²) in [7, 11) is 1.64. The van der Waals surface area contributed by atoms with E-state index in [1.165, 1.54) is 0 Å². The summed E-state index contributed by atoms with van der Waals surface area (Å²) < 4.78 is 5.52. The predicted molar refractivity (Wildman–Crippen MR) is 87.5 cm³/mol. The highest BCUT2D eigenvalue weighted by Crippen LogP contribution is 2.37. The summed E-state index contributed by atoms with van der Waals surface area (Å²) in [5.74, 6) is 0.725. The van der Waals surface area contributed by atoms with E-state index in [0.29, 0.717) is 5.02 Å². The third kappa shape index (κ3) is 3.28. The molecule has 5 heteroatoms. The van der Waals surface area contributed by atoms with Crippen molar-refractivity contribution < 1.29 is 9.84 Å². The molecule has 1 fully saturated rings. The lowest BCUT2D eigenvalue weighted by molar-refractivity contribution is 0.111. The fourth-order valence-corrected chi connectivity index (χ4v) is 3.44. The van der Waals surface area contributed by atoms with Gasteiger partial charge in [-0.2, -0.15) is 0 Å². The molecule has 0 saturated carbocycles. The number of rotatable bonds is 4. The maximum Gasteiger partial charge on any atom is 0.147 e. The molecular weight excluding hydrogens is 288 g/mol. The van der Waals surface area contributed by atoms with Gasteiger partial charge in [-0.15, -0.1) is 0 Å². The lowest BCUT2D eigenvalue weighted by Gasteiger charge is -2.48. The maximum atomic E-state index is 9.51. The zero-order valence-corrected chi connectivity index (χ0v) is 14.1. The number of halogens is 1. The zero-order chi connectivity index (χ0) is 15.6. The smallest absolute Gasteiger partial charge is 0.147 e. The van der Waals surface area contributed by atoms with Gasteiger partial charge in [-0.25, -0.2) is 0 Å². The summed E-state index contributed by atoms with van der Waals surface area (Å²) in [5.41, 5.74) is 1.80. The Balaban J connectivity index is 2.36. The number of ether oxygens (including phenoxy) is 1. The van der Waals surface area contributed by atoms with Crippen LogP contribution in [0.3, 0.4) is 0 Å². The summed E-state index contributed by atoms with van der Waals surface area (Å²) in [6.45, 7) is 10.5. The SMILES string of the molecule is CCN1CCN(c2cc(Cl)cc(CO)c2OC)CC1(C)C. The van der Waals surface area contributed by atoms with E-state index in [0.717, 1.165) is 43.2 Å². The van der Waals surface area contributed by atoms with Crippen LogP contribution in [0.15, 0.2) is 12.1 Å².